The van der Waals surface area contributed by atoms with E-state index in [4.69, 9.17) is 0 Å². The number of nitrogens with one attached hydrogen (secondary N) is 2. The second-order valence-corrected chi connectivity index (χ2v) is 3.49. The molecule has 0 aromatic carbocycles. The summed E-state index contributed by atoms with van der Waals surface area (Å²) in [5.74, 6) is -1.01. The lowest BCUT2D eigenvalue weighted by Crippen LogP contribution is -2.47. The third-order valence-corrected chi connectivity index (χ3v) is 2.28. The third-order valence-electron chi connectivity index (χ3n) is 2.28. The SMILES string of the molecule is O=C1CCC(Nc2cccc(F)n2)C(=O)N1. The minimum absolute atomic E-state index is 0.277. The second kappa shape index (κ2) is 4.26. The Kier molecular flexibility index (Phi) is 2.80. The average molecular weight is 223 g/mol. The average Bonchev–Trinajstić information content (AvgIpc) is 2.22. The van der Waals surface area contributed by atoms with Crippen LogP contribution in [0.1, 0.15) is 12.8 Å². The lowest BCUT2D eigenvalue weighted by Gasteiger charge is -2.22. The van der Waals surface area contributed by atoms with E-state index in [-0.39, 0.29) is 18.1 Å². The minimum atomic E-state index is -0.614. The number of halogens is 1. The molecule has 2 rings (SSSR count). The van der Waals surface area contributed by atoms with Gasteiger partial charge < -0.3 is 5.32 Å². The van der Waals surface area contributed by atoms with Gasteiger partial charge >= 0.3 is 0 Å². The summed E-state index contributed by atoms with van der Waals surface area (Å²) in [7, 11) is 0. The number of nitrogens with zero attached hydrogens (tertiary/aromatic N) is 1. The summed E-state index contributed by atoms with van der Waals surface area (Å²) in [6.07, 6.45) is 0.668. The van der Waals surface area contributed by atoms with Crippen LogP contribution < -0.4 is 10.6 Å². The van der Waals surface area contributed by atoms with Crippen molar-refractivity contribution in [2.24, 2.45) is 0 Å². The Labute approximate surface area is 91.1 Å². The van der Waals surface area contributed by atoms with Gasteiger partial charge in [-0.1, -0.05) is 6.07 Å². The van der Waals surface area contributed by atoms with Gasteiger partial charge in [0, 0.05) is 6.42 Å². The van der Waals surface area contributed by atoms with E-state index in [9.17, 15) is 14.0 Å². The lowest BCUT2D eigenvalue weighted by atomic mass is 10.1. The van der Waals surface area contributed by atoms with E-state index in [1.807, 2.05) is 0 Å². The van der Waals surface area contributed by atoms with Crippen LogP contribution in [-0.2, 0) is 9.59 Å². The molecule has 1 aromatic rings. The van der Waals surface area contributed by atoms with Gasteiger partial charge in [0.2, 0.25) is 17.8 Å². The zero-order valence-corrected chi connectivity index (χ0v) is 8.37. The smallest absolute Gasteiger partial charge is 0.249 e. The molecule has 1 aromatic heterocycles. The summed E-state index contributed by atoms with van der Waals surface area (Å²) in [6.45, 7) is 0. The standard InChI is InChI=1S/C10H10FN3O2/c11-7-2-1-3-8(13-7)12-6-4-5-9(15)14-10(6)16/h1-3,6H,4-5H2,(H,12,13)(H,14,15,16). The number of hydrogen-bond donors (Lipinski definition) is 2. The fourth-order valence-corrected chi connectivity index (χ4v) is 1.50. The molecule has 1 aliphatic heterocycles. The summed E-state index contributed by atoms with van der Waals surface area (Å²) in [6, 6.07) is 3.74. The van der Waals surface area contributed by atoms with E-state index in [1.54, 1.807) is 6.07 Å². The zero-order valence-electron chi connectivity index (χ0n) is 8.37. The molecule has 1 saturated heterocycles. The largest absolute Gasteiger partial charge is 0.358 e. The van der Waals surface area contributed by atoms with Gasteiger partial charge in [0.05, 0.1) is 0 Å². The molecule has 6 heteroatoms. The summed E-state index contributed by atoms with van der Waals surface area (Å²) >= 11 is 0. The monoisotopic (exact) mass is 223 g/mol. The van der Waals surface area contributed by atoms with Gasteiger partial charge in [-0.3, -0.25) is 14.9 Å². The molecular weight excluding hydrogens is 213 g/mol. The van der Waals surface area contributed by atoms with Crippen LogP contribution in [0, 0.1) is 5.95 Å². The highest BCUT2D eigenvalue weighted by Gasteiger charge is 2.26. The van der Waals surface area contributed by atoms with Crippen LogP contribution in [0.15, 0.2) is 18.2 Å². The predicted molar refractivity (Wildman–Crippen MR) is 54.0 cm³/mol. The van der Waals surface area contributed by atoms with Crippen molar-refractivity contribution in [1.29, 1.82) is 0 Å². The van der Waals surface area contributed by atoms with Crippen LogP contribution in [0.2, 0.25) is 0 Å². The van der Waals surface area contributed by atoms with Crippen molar-refractivity contribution < 1.29 is 14.0 Å². The quantitative estimate of drug-likeness (QED) is 0.563. The van der Waals surface area contributed by atoms with E-state index in [0.29, 0.717) is 6.42 Å². The van der Waals surface area contributed by atoms with Crippen LogP contribution in [0.5, 0.6) is 0 Å². The molecule has 16 heavy (non-hydrogen) atoms. The van der Waals surface area contributed by atoms with Crippen molar-refractivity contribution in [3.63, 3.8) is 0 Å². The van der Waals surface area contributed by atoms with Crippen LogP contribution in [0.25, 0.3) is 0 Å². The Morgan fingerprint density at radius 3 is 2.94 bits per heavy atom. The molecule has 2 amide bonds. The molecule has 2 N–H and O–H groups in total. The molecule has 1 atom stereocenters. The van der Waals surface area contributed by atoms with Crippen molar-refractivity contribution in [3.8, 4) is 0 Å². The first-order valence-electron chi connectivity index (χ1n) is 4.88. The van der Waals surface area contributed by atoms with Gasteiger partial charge in [0.15, 0.2) is 0 Å². The maximum absolute atomic E-state index is 12.8. The molecule has 1 fully saturated rings. The Balaban J connectivity index is 2.05. The lowest BCUT2D eigenvalue weighted by molar-refractivity contribution is -0.133. The third kappa shape index (κ3) is 2.33. The summed E-state index contributed by atoms with van der Waals surface area (Å²) < 4.78 is 12.8. The summed E-state index contributed by atoms with van der Waals surface area (Å²) in [5, 5.41) is 4.98. The number of imide groups is 1. The Morgan fingerprint density at radius 2 is 2.25 bits per heavy atom. The summed E-state index contributed by atoms with van der Waals surface area (Å²) in [5.41, 5.74) is 0. The van der Waals surface area contributed by atoms with E-state index in [1.165, 1.54) is 12.1 Å². The number of anilines is 1. The van der Waals surface area contributed by atoms with Crippen LogP contribution in [0.4, 0.5) is 10.2 Å². The molecule has 2 heterocycles. The van der Waals surface area contributed by atoms with Gasteiger partial charge in [-0.05, 0) is 18.6 Å². The van der Waals surface area contributed by atoms with Crippen molar-refractivity contribution in [2.45, 2.75) is 18.9 Å². The van der Waals surface area contributed by atoms with Crippen molar-refractivity contribution in [1.82, 2.24) is 10.3 Å². The van der Waals surface area contributed by atoms with E-state index < -0.39 is 17.9 Å². The molecular formula is C10H10FN3O2. The van der Waals surface area contributed by atoms with Crippen molar-refractivity contribution in [2.75, 3.05) is 5.32 Å². The van der Waals surface area contributed by atoms with Gasteiger partial charge in [-0.25, -0.2) is 4.98 Å². The topological polar surface area (TPSA) is 71.1 Å². The molecule has 5 nitrogen and oxygen atoms in total. The van der Waals surface area contributed by atoms with Gasteiger partial charge in [-0.2, -0.15) is 4.39 Å². The maximum atomic E-state index is 12.8. The van der Waals surface area contributed by atoms with Crippen LogP contribution >= 0.6 is 0 Å². The van der Waals surface area contributed by atoms with Gasteiger partial charge in [-0.15, -0.1) is 0 Å². The molecule has 0 aliphatic carbocycles. The summed E-state index contributed by atoms with van der Waals surface area (Å²) in [4.78, 5) is 25.8. The number of pyridine rings is 1. The zero-order chi connectivity index (χ0) is 11.5. The Bertz CT molecular complexity index is 436. The number of rotatable bonds is 2. The molecule has 0 bridgehead atoms. The Hall–Kier alpha value is -1.98. The molecule has 84 valence electrons. The highest BCUT2D eigenvalue weighted by molar-refractivity contribution is 6.01. The number of carbonyl (C=O) groups is 2. The number of amides is 2. The predicted octanol–water partition coefficient (Wildman–Crippen LogP) is 0.438. The molecule has 0 spiro atoms. The highest BCUT2D eigenvalue weighted by atomic mass is 19.1. The fraction of sp³-hybridized carbons (Fsp3) is 0.300. The maximum Gasteiger partial charge on any atom is 0.249 e. The van der Waals surface area contributed by atoms with Crippen LogP contribution in [-0.4, -0.2) is 22.8 Å². The van der Waals surface area contributed by atoms with Crippen LogP contribution in [0.3, 0.4) is 0 Å². The van der Waals surface area contributed by atoms with Crippen molar-refractivity contribution >= 4 is 17.6 Å². The second-order valence-electron chi connectivity index (χ2n) is 3.49. The minimum Gasteiger partial charge on any atom is -0.358 e. The Morgan fingerprint density at radius 1 is 1.44 bits per heavy atom. The molecule has 1 unspecified atom stereocenters. The number of aromatic nitrogens is 1. The van der Waals surface area contributed by atoms with E-state index in [0.717, 1.165) is 0 Å². The highest BCUT2D eigenvalue weighted by Crippen LogP contribution is 2.11. The first kappa shape index (κ1) is 10.5. The number of carbonyl (C=O) groups excluding carboxylic acids is 2. The normalized spacial score (nSPS) is 20.4. The van der Waals surface area contributed by atoms with Gasteiger partial charge in [0.1, 0.15) is 11.9 Å². The van der Waals surface area contributed by atoms with Gasteiger partial charge in [0.25, 0.3) is 0 Å². The molecule has 1 aliphatic rings. The molecule has 0 saturated carbocycles. The number of hydrogen-bond acceptors (Lipinski definition) is 4. The number of piperidine rings is 1. The fourth-order valence-electron chi connectivity index (χ4n) is 1.50. The molecule has 0 radical (unpaired) electrons. The first-order valence-corrected chi connectivity index (χ1v) is 4.88. The van der Waals surface area contributed by atoms with E-state index >= 15 is 0 Å². The first-order chi connectivity index (χ1) is 7.65. The van der Waals surface area contributed by atoms with Crippen molar-refractivity contribution in [3.05, 3.63) is 24.1 Å². The van der Waals surface area contributed by atoms with E-state index in [2.05, 4.69) is 15.6 Å².